The second kappa shape index (κ2) is 4.72. The van der Waals surface area contributed by atoms with Gasteiger partial charge < -0.3 is 4.84 Å². The van der Waals surface area contributed by atoms with Crippen LogP contribution in [0.5, 0.6) is 0 Å². The molecule has 1 saturated carbocycles. The highest BCUT2D eigenvalue weighted by molar-refractivity contribution is 5.97. The van der Waals surface area contributed by atoms with E-state index in [-0.39, 0.29) is 17.5 Å². The predicted molar refractivity (Wildman–Crippen MR) is 71.1 cm³/mol. The summed E-state index contributed by atoms with van der Waals surface area (Å²) in [6, 6.07) is 0.214. The summed E-state index contributed by atoms with van der Waals surface area (Å²) in [6.07, 6.45) is 9.05. The molecule has 1 heterocycles. The molecule has 5 nitrogen and oxygen atoms in total. The van der Waals surface area contributed by atoms with Crippen LogP contribution in [0.25, 0.3) is 6.08 Å². The molecule has 2 aliphatic carbocycles. The van der Waals surface area contributed by atoms with Gasteiger partial charge in [0.2, 0.25) is 0 Å². The van der Waals surface area contributed by atoms with Crippen molar-refractivity contribution in [2.45, 2.75) is 44.6 Å². The minimum atomic E-state index is -0.154. The maximum atomic E-state index is 12.4. The van der Waals surface area contributed by atoms with Gasteiger partial charge in [-0.1, -0.05) is 19.3 Å². The van der Waals surface area contributed by atoms with Crippen LogP contribution in [0.2, 0.25) is 0 Å². The number of fused-ring (bicyclic) bond motifs is 1. The molecule has 0 unspecified atom stereocenters. The molecule has 0 bridgehead atoms. The minimum Gasteiger partial charge on any atom is -0.412 e. The molecule has 102 valence electrons. The molecular weight excluding hydrogens is 244 g/mol. The van der Waals surface area contributed by atoms with Gasteiger partial charge in [-0.15, -0.1) is 4.73 Å². The molecule has 0 amide bonds. The number of allylic oxidation sites excluding steroid dienone is 1. The van der Waals surface area contributed by atoms with E-state index in [0.717, 1.165) is 37.1 Å². The largest absolute Gasteiger partial charge is 0.412 e. The third-order valence-corrected chi connectivity index (χ3v) is 4.08. The van der Waals surface area contributed by atoms with E-state index in [1.807, 2.05) is 0 Å². The maximum Gasteiger partial charge on any atom is 0.362 e. The van der Waals surface area contributed by atoms with E-state index in [4.69, 9.17) is 4.84 Å². The fourth-order valence-corrected chi connectivity index (χ4v) is 3.18. The Morgan fingerprint density at radius 2 is 1.89 bits per heavy atom. The van der Waals surface area contributed by atoms with Gasteiger partial charge in [-0.3, -0.25) is 9.36 Å². The Hall–Kier alpha value is -1.78. The van der Waals surface area contributed by atoms with Crippen LogP contribution in [0.15, 0.2) is 10.9 Å². The fraction of sp³-hybridized carbons (Fsp3) is 0.571. The van der Waals surface area contributed by atoms with E-state index in [2.05, 4.69) is 0 Å². The van der Waals surface area contributed by atoms with Gasteiger partial charge in [-0.05, 0) is 25.0 Å². The highest BCUT2D eigenvalue weighted by atomic mass is 16.7. The lowest BCUT2D eigenvalue weighted by molar-refractivity contribution is -0.114. The lowest BCUT2D eigenvalue weighted by atomic mass is 9.94. The molecule has 0 saturated heterocycles. The van der Waals surface area contributed by atoms with Crippen molar-refractivity contribution in [2.75, 3.05) is 7.11 Å². The molecule has 0 aromatic carbocycles. The zero-order chi connectivity index (χ0) is 13.4. The summed E-state index contributed by atoms with van der Waals surface area (Å²) >= 11 is 0. The van der Waals surface area contributed by atoms with Crippen molar-refractivity contribution < 1.29 is 9.63 Å². The van der Waals surface area contributed by atoms with E-state index >= 15 is 0 Å². The van der Waals surface area contributed by atoms with E-state index in [1.165, 1.54) is 24.3 Å². The summed E-state index contributed by atoms with van der Waals surface area (Å²) in [5.74, 6) is 0.0466. The van der Waals surface area contributed by atoms with Crippen LogP contribution in [0.3, 0.4) is 0 Å². The molecule has 3 rings (SSSR count). The summed E-state index contributed by atoms with van der Waals surface area (Å²) < 4.78 is 3.09. The van der Waals surface area contributed by atoms with Crippen molar-refractivity contribution in [1.29, 1.82) is 0 Å². The first-order valence-corrected chi connectivity index (χ1v) is 6.84. The first kappa shape index (κ1) is 12.3. The van der Waals surface area contributed by atoms with Crippen LogP contribution in [0, 0.1) is 0 Å². The zero-order valence-electron chi connectivity index (χ0n) is 11.1. The molecule has 0 atom stereocenters. The lowest BCUT2D eigenvalue weighted by Crippen LogP contribution is -2.31. The quantitative estimate of drug-likeness (QED) is 0.808. The fourth-order valence-electron chi connectivity index (χ4n) is 3.18. The summed E-state index contributed by atoms with van der Waals surface area (Å²) in [7, 11) is 1.48. The highest BCUT2D eigenvalue weighted by Crippen LogP contribution is 2.30. The van der Waals surface area contributed by atoms with Crippen LogP contribution in [0.1, 0.15) is 49.5 Å². The summed E-state index contributed by atoms with van der Waals surface area (Å²) in [6.45, 7) is 0. The Bertz CT molecular complexity index is 589. The maximum absolute atomic E-state index is 12.4. The van der Waals surface area contributed by atoms with Crippen molar-refractivity contribution in [2.24, 2.45) is 0 Å². The Balaban J connectivity index is 2.13. The monoisotopic (exact) mass is 262 g/mol. The average Bonchev–Trinajstić information content (AvgIpc) is 2.70. The molecule has 0 N–H and O–H groups in total. The summed E-state index contributed by atoms with van der Waals surface area (Å²) in [5.41, 5.74) is 1.38. The van der Waals surface area contributed by atoms with Gasteiger partial charge in [0.15, 0.2) is 5.78 Å². The normalized spacial score (nSPS) is 19.5. The number of nitrogens with zero attached hydrogens (tertiary/aromatic N) is 2. The number of hydrogen-bond acceptors (Lipinski definition) is 3. The summed E-state index contributed by atoms with van der Waals surface area (Å²) in [4.78, 5) is 29.2. The van der Waals surface area contributed by atoms with Crippen LogP contribution in [0.4, 0.5) is 0 Å². The third kappa shape index (κ3) is 1.93. The van der Waals surface area contributed by atoms with Crippen molar-refractivity contribution in [3.8, 4) is 0 Å². The van der Waals surface area contributed by atoms with Crippen molar-refractivity contribution in [3.05, 3.63) is 27.9 Å². The second-order valence-electron chi connectivity index (χ2n) is 5.23. The van der Waals surface area contributed by atoms with E-state index in [0.29, 0.717) is 6.42 Å². The minimum absolute atomic E-state index is 0.0466. The molecule has 1 fully saturated rings. The van der Waals surface area contributed by atoms with Gasteiger partial charge in [0, 0.05) is 6.04 Å². The Morgan fingerprint density at radius 3 is 2.58 bits per heavy atom. The Kier molecular flexibility index (Phi) is 3.05. The molecule has 1 aromatic heterocycles. The van der Waals surface area contributed by atoms with E-state index in [9.17, 15) is 9.59 Å². The number of ketones is 1. The first-order valence-electron chi connectivity index (χ1n) is 6.84. The number of imidazole rings is 1. The van der Waals surface area contributed by atoms with Gasteiger partial charge in [0.1, 0.15) is 12.8 Å². The first-order chi connectivity index (χ1) is 9.22. The van der Waals surface area contributed by atoms with Crippen molar-refractivity contribution >= 4 is 11.9 Å². The second-order valence-corrected chi connectivity index (χ2v) is 5.23. The van der Waals surface area contributed by atoms with Crippen LogP contribution >= 0.6 is 0 Å². The van der Waals surface area contributed by atoms with Crippen molar-refractivity contribution in [1.82, 2.24) is 9.30 Å². The Morgan fingerprint density at radius 1 is 1.16 bits per heavy atom. The van der Waals surface area contributed by atoms with Gasteiger partial charge in [0.05, 0.1) is 12.1 Å². The number of carbonyl (C=O) groups is 1. The predicted octanol–water partition coefficient (Wildman–Crippen LogP) is 1.35. The van der Waals surface area contributed by atoms with Gasteiger partial charge >= 0.3 is 5.69 Å². The molecule has 19 heavy (non-hydrogen) atoms. The van der Waals surface area contributed by atoms with Crippen LogP contribution < -0.4 is 10.5 Å². The van der Waals surface area contributed by atoms with E-state index < -0.39 is 0 Å². The van der Waals surface area contributed by atoms with E-state index in [1.54, 1.807) is 10.6 Å². The molecule has 2 aliphatic rings. The number of hydrogen-bond donors (Lipinski definition) is 0. The van der Waals surface area contributed by atoms with Crippen LogP contribution in [-0.2, 0) is 11.2 Å². The smallest absolute Gasteiger partial charge is 0.362 e. The van der Waals surface area contributed by atoms with Crippen molar-refractivity contribution in [3.63, 3.8) is 0 Å². The SMILES string of the molecule is COn1c2c(n(C3CCCCC3)c1=O)CC(=O)C=C2. The van der Waals surface area contributed by atoms with Crippen LogP contribution in [-0.4, -0.2) is 22.2 Å². The number of carbonyl (C=O) groups excluding carboxylic acids is 1. The van der Waals surface area contributed by atoms with Gasteiger partial charge in [-0.25, -0.2) is 4.79 Å². The Labute approximate surface area is 111 Å². The number of rotatable bonds is 2. The van der Waals surface area contributed by atoms with Gasteiger partial charge in [-0.2, -0.15) is 0 Å². The topological polar surface area (TPSA) is 53.2 Å². The lowest BCUT2D eigenvalue weighted by Gasteiger charge is -2.24. The summed E-state index contributed by atoms with van der Waals surface area (Å²) in [5, 5.41) is 0. The third-order valence-electron chi connectivity index (χ3n) is 4.08. The molecule has 5 heteroatoms. The molecule has 0 spiro atoms. The molecule has 0 radical (unpaired) electrons. The van der Waals surface area contributed by atoms with Gasteiger partial charge in [0.25, 0.3) is 0 Å². The highest BCUT2D eigenvalue weighted by Gasteiger charge is 2.28. The average molecular weight is 262 g/mol. The molecule has 0 aliphatic heterocycles. The standard InChI is InChI=1S/C14H18N2O3/c1-19-16-12-8-7-11(17)9-13(12)15(14(16)18)10-5-3-2-4-6-10/h7-8,10H,2-6,9H2,1H3. The molecule has 1 aromatic rings. The molecular formula is C14H18N2O3. The number of aromatic nitrogens is 2. The zero-order valence-corrected chi connectivity index (χ0v) is 11.1.